The summed E-state index contributed by atoms with van der Waals surface area (Å²) in [7, 11) is 2.26. The molecule has 0 bridgehead atoms. The molecule has 0 amide bonds. The Bertz CT molecular complexity index is 203. The number of hydrogen-bond donors (Lipinski definition) is 1. The van der Waals surface area contributed by atoms with E-state index in [0.717, 1.165) is 12.6 Å². The molecule has 0 aromatic rings. The van der Waals surface area contributed by atoms with E-state index in [2.05, 4.69) is 23.6 Å². The predicted molar refractivity (Wildman–Crippen MR) is 64.5 cm³/mol. The average Bonchev–Trinajstić information content (AvgIpc) is 2.60. The van der Waals surface area contributed by atoms with Crippen molar-refractivity contribution < 1.29 is 4.18 Å². The minimum absolute atomic E-state index is 0.447. The molecule has 2 nitrogen and oxygen atoms in total. The molecule has 2 atom stereocenters. The van der Waals surface area contributed by atoms with Crippen LogP contribution in [0.3, 0.4) is 0 Å². The van der Waals surface area contributed by atoms with E-state index in [0.29, 0.717) is 5.41 Å². The van der Waals surface area contributed by atoms with E-state index >= 15 is 0 Å². The molecule has 0 spiro atoms. The van der Waals surface area contributed by atoms with Crippen molar-refractivity contribution in [3.05, 3.63) is 0 Å². The largest absolute Gasteiger partial charge is 0.305 e. The van der Waals surface area contributed by atoms with Crippen molar-refractivity contribution in [3.63, 3.8) is 0 Å². The second kappa shape index (κ2) is 4.64. The van der Waals surface area contributed by atoms with Crippen LogP contribution in [0.1, 0.15) is 32.1 Å². The molecule has 4 heteroatoms. The summed E-state index contributed by atoms with van der Waals surface area (Å²) in [5.74, 6) is 0. The fourth-order valence-electron chi connectivity index (χ4n) is 3.32. The zero-order valence-corrected chi connectivity index (χ0v) is 10.4. The van der Waals surface area contributed by atoms with Gasteiger partial charge in [0.05, 0.1) is 17.7 Å². The third-order valence-electron chi connectivity index (χ3n) is 3.98. The Kier molecular flexibility index (Phi) is 3.68. The van der Waals surface area contributed by atoms with Gasteiger partial charge >= 0.3 is 0 Å². The highest BCUT2D eigenvalue weighted by molar-refractivity contribution is 8.66. The zero-order chi connectivity index (χ0) is 10.0. The Morgan fingerprint density at radius 3 is 3.07 bits per heavy atom. The van der Waals surface area contributed by atoms with Crippen molar-refractivity contribution in [3.8, 4) is 0 Å². The van der Waals surface area contributed by atoms with Crippen LogP contribution in [0.4, 0.5) is 0 Å². The molecular weight excluding hydrogens is 214 g/mol. The summed E-state index contributed by atoms with van der Waals surface area (Å²) in [5.41, 5.74) is 0.447. The molecule has 1 aliphatic heterocycles. The predicted octanol–water partition coefficient (Wildman–Crippen LogP) is 2.76. The minimum atomic E-state index is 0.447. The number of likely N-dealkylation sites (tertiary alicyclic amines) is 1. The van der Waals surface area contributed by atoms with Crippen LogP contribution < -0.4 is 0 Å². The van der Waals surface area contributed by atoms with Crippen molar-refractivity contribution in [1.29, 1.82) is 0 Å². The van der Waals surface area contributed by atoms with Crippen molar-refractivity contribution in [2.45, 2.75) is 38.1 Å². The third-order valence-corrected chi connectivity index (χ3v) is 4.52. The lowest BCUT2D eigenvalue weighted by Gasteiger charge is -2.44. The van der Waals surface area contributed by atoms with E-state index in [1.54, 1.807) is 0 Å². The quantitative estimate of drug-likeness (QED) is 0.457. The van der Waals surface area contributed by atoms with Gasteiger partial charge in [-0.1, -0.05) is 18.1 Å². The molecule has 2 fully saturated rings. The highest BCUT2D eigenvalue weighted by Crippen LogP contribution is 2.47. The topological polar surface area (TPSA) is 12.5 Å². The Morgan fingerprint density at radius 1 is 1.50 bits per heavy atom. The summed E-state index contributed by atoms with van der Waals surface area (Å²) in [5, 5.41) is 0. The molecule has 1 saturated heterocycles. The maximum atomic E-state index is 5.48. The van der Waals surface area contributed by atoms with Gasteiger partial charge in [-0.3, -0.25) is 0 Å². The lowest BCUT2D eigenvalue weighted by Crippen LogP contribution is -2.49. The van der Waals surface area contributed by atoms with Crippen LogP contribution in [0.2, 0.25) is 0 Å². The van der Waals surface area contributed by atoms with Crippen LogP contribution >= 0.6 is 22.7 Å². The first-order valence-corrected chi connectivity index (χ1v) is 7.21. The van der Waals surface area contributed by atoms with Gasteiger partial charge in [-0.2, -0.15) is 0 Å². The smallest absolute Gasteiger partial charge is 0.0695 e. The van der Waals surface area contributed by atoms with E-state index in [4.69, 9.17) is 4.18 Å². The molecule has 0 unspecified atom stereocenters. The molecule has 2 aliphatic rings. The number of fused-ring (bicyclic) bond motifs is 1. The SMILES string of the molecule is CN1CCC[C@@]2(COSS)CCC[C@@H]12. The molecule has 1 saturated carbocycles. The van der Waals surface area contributed by atoms with Gasteiger partial charge < -0.3 is 9.08 Å². The standard InChI is InChI=1S/C10H19NOS2/c1-11-7-3-6-10(8-12-14-13)5-2-4-9(10)11/h9,13H,2-8H2,1H3/t9-,10-/m1/s1. The van der Waals surface area contributed by atoms with Crippen molar-refractivity contribution >= 4 is 22.7 Å². The van der Waals surface area contributed by atoms with Gasteiger partial charge in [0.2, 0.25) is 0 Å². The van der Waals surface area contributed by atoms with Gasteiger partial charge in [-0.05, 0) is 39.3 Å². The summed E-state index contributed by atoms with van der Waals surface area (Å²) in [6.07, 6.45) is 6.74. The van der Waals surface area contributed by atoms with Crippen LogP contribution in [0.25, 0.3) is 0 Å². The number of thiol groups is 1. The average molecular weight is 233 g/mol. The van der Waals surface area contributed by atoms with Crippen LogP contribution in [-0.4, -0.2) is 31.1 Å². The van der Waals surface area contributed by atoms with E-state index in [-0.39, 0.29) is 0 Å². The van der Waals surface area contributed by atoms with Crippen molar-refractivity contribution in [2.75, 3.05) is 20.2 Å². The molecule has 0 aromatic heterocycles. The fraction of sp³-hybridized carbons (Fsp3) is 1.00. The number of rotatable bonds is 3. The second-order valence-electron chi connectivity index (χ2n) is 4.69. The Hall–Kier alpha value is 0.620. The lowest BCUT2D eigenvalue weighted by atomic mass is 9.76. The second-order valence-corrected chi connectivity index (χ2v) is 5.52. The first-order chi connectivity index (χ1) is 6.78. The monoisotopic (exact) mass is 233 g/mol. The van der Waals surface area contributed by atoms with Crippen LogP contribution in [-0.2, 0) is 4.18 Å². The van der Waals surface area contributed by atoms with Gasteiger partial charge in [-0.15, -0.1) is 0 Å². The minimum Gasteiger partial charge on any atom is -0.305 e. The van der Waals surface area contributed by atoms with Gasteiger partial charge in [-0.25, -0.2) is 0 Å². The van der Waals surface area contributed by atoms with E-state index in [1.807, 2.05) is 0 Å². The van der Waals surface area contributed by atoms with Crippen molar-refractivity contribution in [1.82, 2.24) is 4.90 Å². The summed E-state index contributed by atoms with van der Waals surface area (Å²) < 4.78 is 5.48. The molecule has 0 N–H and O–H groups in total. The lowest BCUT2D eigenvalue weighted by molar-refractivity contribution is 0.0225. The molecule has 0 aromatic carbocycles. The Labute approximate surface area is 95.8 Å². The highest BCUT2D eigenvalue weighted by atomic mass is 33.1. The summed E-state index contributed by atoms with van der Waals surface area (Å²) in [6.45, 7) is 2.15. The molecular formula is C10H19NOS2. The van der Waals surface area contributed by atoms with Crippen LogP contribution in [0.5, 0.6) is 0 Å². The van der Waals surface area contributed by atoms with Gasteiger partial charge in [0, 0.05) is 11.5 Å². The number of hydrogen-bond acceptors (Lipinski definition) is 4. The third kappa shape index (κ3) is 1.94. The maximum Gasteiger partial charge on any atom is 0.0695 e. The molecule has 14 heavy (non-hydrogen) atoms. The summed E-state index contributed by atoms with van der Waals surface area (Å²) in [4.78, 5) is 2.53. The highest BCUT2D eigenvalue weighted by Gasteiger charge is 2.46. The number of nitrogens with zero attached hydrogens (tertiary/aromatic N) is 1. The number of piperidine rings is 1. The van der Waals surface area contributed by atoms with E-state index in [9.17, 15) is 0 Å². The fourth-order valence-corrected chi connectivity index (χ4v) is 3.77. The summed E-state index contributed by atoms with van der Waals surface area (Å²) >= 11 is 5.27. The van der Waals surface area contributed by atoms with Crippen LogP contribution in [0, 0.1) is 5.41 Å². The normalized spacial score (nSPS) is 38.6. The molecule has 82 valence electrons. The maximum absolute atomic E-state index is 5.48. The summed E-state index contributed by atoms with van der Waals surface area (Å²) in [6, 6.07) is 0.761. The van der Waals surface area contributed by atoms with Crippen molar-refractivity contribution in [2.24, 2.45) is 5.41 Å². The van der Waals surface area contributed by atoms with E-state index < -0.39 is 0 Å². The Morgan fingerprint density at radius 2 is 2.29 bits per heavy atom. The molecule has 0 radical (unpaired) electrons. The van der Waals surface area contributed by atoms with E-state index in [1.165, 1.54) is 49.7 Å². The van der Waals surface area contributed by atoms with Gasteiger partial charge in [0.15, 0.2) is 0 Å². The molecule has 1 heterocycles. The Balaban J connectivity index is 2.05. The first-order valence-electron chi connectivity index (χ1n) is 5.42. The zero-order valence-electron chi connectivity index (χ0n) is 8.74. The molecule has 1 aliphatic carbocycles. The van der Waals surface area contributed by atoms with Gasteiger partial charge in [0.25, 0.3) is 0 Å². The van der Waals surface area contributed by atoms with Crippen LogP contribution in [0.15, 0.2) is 0 Å². The first kappa shape index (κ1) is 11.1. The molecule has 2 rings (SSSR count). The van der Waals surface area contributed by atoms with Gasteiger partial charge in [0.1, 0.15) is 0 Å².